The maximum Gasteiger partial charge on any atom is 0.303 e. The van der Waals surface area contributed by atoms with Gasteiger partial charge in [0.15, 0.2) is 4.96 Å². The molecule has 20 heavy (non-hydrogen) atoms. The third-order valence-corrected chi connectivity index (χ3v) is 4.33. The first-order chi connectivity index (χ1) is 9.70. The van der Waals surface area contributed by atoms with Gasteiger partial charge < -0.3 is 5.11 Å². The number of aliphatic carboxylic acids is 1. The van der Waals surface area contributed by atoms with Crippen LogP contribution in [0.4, 0.5) is 0 Å². The summed E-state index contributed by atoms with van der Waals surface area (Å²) < 4.78 is 2.13. The molecule has 0 atom stereocenters. The van der Waals surface area contributed by atoms with Crippen molar-refractivity contribution in [3.05, 3.63) is 23.0 Å². The van der Waals surface area contributed by atoms with E-state index >= 15 is 0 Å². The first-order valence-electron chi connectivity index (χ1n) is 7.37. The van der Waals surface area contributed by atoms with Crippen LogP contribution in [0.1, 0.15) is 56.8 Å². The maximum absolute atomic E-state index is 10.6. The Kier molecular flexibility index (Phi) is 5.59. The molecular formula is C15H22N2O2S. The molecule has 0 saturated carbocycles. The molecule has 0 aliphatic rings. The Morgan fingerprint density at radius 2 is 2.15 bits per heavy atom. The van der Waals surface area contributed by atoms with E-state index < -0.39 is 5.97 Å². The highest BCUT2D eigenvalue weighted by Crippen LogP contribution is 2.19. The summed E-state index contributed by atoms with van der Waals surface area (Å²) in [4.78, 5) is 16.2. The molecule has 2 rings (SSSR count). The maximum atomic E-state index is 10.6. The van der Waals surface area contributed by atoms with E-state index in [1.165, 1.54) is 31.4 Å². The molecule has 0 aliphatic carbocycles. The average molecular weight is 294 g/mol. The Labute approximate surface area is 123 Å². The standard InChI is InChI=1S/C15H22N2O2S/c1-2-3-4-5-7-12-10-17-13(8-6-9-14(18)19)11-20-15(17)16-12/h10-11H,2-9H2,1H3,(H,18,19). The highest BCUT2D eigenvalue weighted by molar-refractivity contribution is 7.15. The van der Waals surface area contributed by atoms with Gasteiger partial charge in [-0.1, -0.05) is 26.2 Å². The third kappa shape index (κ3) is 4.07. The van der Waals surface area contributed by atoms with Crippen LogP contribution in [0.3, 0.4) is 0 Å². The number of imidazole rings is 1. The van der Waals surface area contributed by atoms with Gasteiger partial charge in [-0.2, -0.15) is 0 Å². The number of hydrogen-bond donors (Lipinski definition) is 1. The van der Waals surface area contributed by atoms with Crippen LogP contribution < -0.4 is 0 Å². The van der Waals surface area contributed by atoms with Crippen molar-refractivity contribution in [1.29, 1.82) is 0 Å². The summed E-state index contributed by atoms with van der Waals surface area (Å²) in [5.74, 6) is -0.723. The van der Waals surface area contributed by atoms with E-state index in [-0.39, 0.29) is 6.42 Å². The van der Waals surface area contributed by atoms with E-state index in [1.54, 1.807) is 11.3 Å². The van der Waals surface area contributed by atoms with E-state index in [0.717, 1.165) is 23.5 Å². The number of aromatic nitrogens is 2. The third-order valence-electron chi connectivity index (χ3n) is 3.44. The molecular weight excluding hydrogens is 272 g/mol. The largest absolute Gasteiger partial charge is 0.481 e. The topological polar surface area (TPSA) is 54.6 Å². The summed E-state index contributed by atoms with van der Waals surface area (Å²) in [5.41, 5.74) is 2.34. The minimum absolute atomic E-state index is 0.232. The van der Waals surface area contributed by atoms with Gasteiger partial charge in [-0.15, -0.1) is 11.3 Å². The lowest BCUT2D eigenvalue weighted by molar-refractivity contribution is -0.137. The molecule has 0 spiro atoms. The smallest absolute Gasteiger partial charge is 0.303 e. The molecule has 0 radical (unpaired) electrons. The monoisotopic (exact) mass is 294 g/mol. The van der Waals surface area contributed by atoms with Gasteiger partial charge in [0.2, 0.25) is 0 Å². The minimum Gasteiger partial charge on any atom is -0.481 e. The number of aryl methyl sites for hydroxylation is 2. The lowest BCUT2D eigenvalue weighted by Crippen LogP contribution is -1.97. The number of nitrogens with zero attached hydrogens (tertiary/aromatic N) is 2. The second kappa shape index (κ2) is 7.43. The number of fused-ring (bicyclic) bond motifs is 1. The summed E-state index contributed by atoms with van der Waals surface area (Å²) in [6.07, 6.45) is 9.91. The second-order valence-corrected chi connectivity index (χ2v) is 6.01. The van der Waals surface area contributed by atoms with Crippen LogP contribution in [0.2, 0.25) is 0 Å². The fraction of sp³-hybridized carbons (Fsp3) is 0.600. The van der Waals surface area contributed by atoms with Gasteiger partial charge in [0.05, 0.1) is 5.69 Å². The predicted octanol–water partition coefficient (Wildman–Crippen LogP) is 3.93. The van der Waals surface area contributed by atoms with Crippen molar-refractivity contribution in [1.82, 2.24) is 9.38 Å². The molecule has 2 heterocycles. The van der Waals surface area contributed by atoms with Gasteiger partial charge >= 0.3 is 5.97 Å². The lowest BCUT2D eigenvalue weighted by atomic mass is 10.1. The van der Waals surface area contributed by atoms with Gasteiger partial charge in [0, 0.05) is 23.7 Å². The molecule has 0 fully saturated rings. The SMILES string of the molecule is CCCCCCc1cn2c(CCCC(=O)O)csc2n1. The van der Waals surface area contributed by atoms with Crippen LogP contribution in [-0.2, 0) is 17.6 Å². The molecule has 0 bridgehead atoms. The number of carbonyl (C=O) groups is 1. The second-order valence-electron chi connectivity index (χ2n) is 5.17. The molecule has 0 aliphatic heterocycles. The van der Waals surface area contributed by atoms with Crippen LogP contribution in [0, 0.1) is 0 Å². The van der Waals surface area contributed by atoms with Crippen molar-refractivity contribution < 1.29 is 9.90 Å². The van der Waals surface area contributed by atoms with Crippen molar-refractivity contribution in [3.8, 4) is 0 Å². The van der Waals surface area contributed by atoms with Crippen molar-refractivity contribution >= 4 is 22.3 Å². The van der Waals surface area contributed by atoms with Crippen LogP contribution in [0.25, 0.3) is 4.96 Å². The van der Waals surface area contributed by atoms with Crippen LogP contribution >= 0.6 is 11.3 Å². The van der Waals surface area contributed by atoms with Gasteiger partial charge in [0.1, 0.15) is 0 Å². The Bertz CT molecular complexity index is 559. The van der Waals surface area contributed by atoms with Crippen LogP contribution in [-0.4, -0.2) is 20.5 Å². The van der Waals surface area contributed by atoms with Gasteiger partial charge in [-0.3, -0.25) is 9.20 Å². The summed E-state index contributed by atoms with van der Waals surface area (Å²) >= 11 is 1.64. The summed E-state index contributed by atoms with van der Waals surface area (Å²) in [6, 6.07) is 0. The normalized spacial score (nSPS) is 11.2. The zero-order chi connectivity index (χ0) is 14.4. The number of hydrogen-bond acceptors (Lipinski definition) is 3. The Morgan fingerprint density at radius 3 is 2.90 bits per heavy atom. The fourth-order valence-corrected chi connectivity index (χ4v) is 3.26. The van der Waals surface area contributed by atoms with Crippen molar-refractivity contribution in [2.45, 2.75) is 58.3 Å². The summed E-state index contributed by atoms with van der Waals surface area (Å²) in [6.45, 7) is 2.22. The highest BCUT2D eigenvalue weighted by atomic mass is 32.1. The molecule has 0 unspecified atom stereocenters. The number of unbranched alkanes of at least 4 members (excludes halogenated alkanes) is 3. The summed E-state index contributed by atoms with van der Waals surface area (Å²) in [7, 11) is 0. The quantitative estimate of drug-likeness (QED) is 0.713. The van der Waals surface area contributed by atoms with E-state index in [4.69, 9.17) is 5.11 Å². The molecule has 110 valence electrons. The van der Waals surface area contributed by atoms with E-state index in [2.05, 4.69) is 27.9 Å². The molecule has 0 saturated heterocycles. The molecule has 2 aromatic rings. The van der Waals surface area contributed by atoms with E-state index in [1.807, 2.05) is 0 Å². The van der Waals surface area contributed by atoms with Crippen molar-refractivity contribution in [3.63, 3.8) is 0 Å². The minimum atomic E-state index is -0.723. The van der Waals surface area contributed by atoms with E-state index in [0.29, 0.717) is 6.42 Å². The molecule has 0 amide bonds. The zero-order valence-electron chi connectivity index (χ0n) is 12.0. The van der Waals surface area contributed by atoms with Crippen LogP contribution in [0.15, 0.2) is 11.6 Å². The van der Waals surface area contributed by atoms with Crippen molar-refractivity contribution in [2.75, 3.05) is 0 Å². The van der Waals surface area contributed by atoms with Gasteiger partial charge in [-0.25, -0.2) is 4.98 Å². The first-order valence-corrected chi connectivity index (χ1v) is 8.24. The zero-order valence-corrected chi connectivity index (χ0v) is 12.8. The average Bonchev–Trinajstić information content (AvgIpc) is 2.96. The Morgan fingerprint density at radius 1 is 1.30 bits per heavy atom. The Balaban J connectivity index is 1.92. The molecule has 0 aromatic carbocycles. The predicted molar refractivity (Wildman–Crippen MR) is 81.5 cm³/mol. The first kappa shape index (κ1) is 15.0. The number of carboxylic acid groups (broad SMARTS) is 1. The van der Waals surface area contributed by atoms with E-state index in [9.17, 15) is 4.79 Å². The molecule has 1 N–H and O–H groups in total. The number of carboxylic acids is 1. The number of rotatable bonds is 9. The molecule has 5 heteroatoms. The van der Waals surface area contributed by atoms with Gasteiger partial charge in [-0.05, 0) is 25.7 Å². The number of thiazole rings is 1. The fourth-order valence-electron chi connectivity index (χ4n) is 2.33. The highest BCUT2D eigenvalue weighted by Gasteiger charge is 2.08. The molecule has 2 aromatic heterocycles. The van der Waals surface area contributed by atoms with Crippen molar-refractivity contribution in [2.24, 2.45) is 0 Å². The Hall–Kier alpha value is -1.36. The molecule has 4 nitrogen and oxygen atoms in total. The van der Waals surface area contributed by atoms with Crippen LogP contribution in [0.5, 0.6) is 0 Å². The lowest BCUT2D eigenvalue weighted by Gasteiger charge is -1.98. The summed E-state index contributed by atoms with van der Waals surface area (Å²) in [5, 5.41) is 10.8. The van der Waals surface area contributed by atoms with Gasteiger partial charge in [0.25, 0.3) is 0 Å².